The molecule has 2 unspecified atom stereocenters. The van der Waals surface area contributed by atoms with E-state index in [1.807, 2.05) is 0 Å². The molecule has 4 rings (SSSR count). The molecule has 0 saturated carbocycles. The Morgan fingerprint density at radius 1 is 1.10 bits per heavy atom. The zero-order chi connectivity index (χ0) is 14.1. The predicted octanol–water partition coefficient (Wildman–Crippen LogP) is 2.81. The lowest BCUT2D eigenvalue weighted by molar-refractivity contribution is 0.318. The van der Waals surface area contributed by atoms with Gasteiger partial charge in [0.2, 0.25) is 5.89 Å². The number of aryl methyl sites for hydroxylation is 1. The van der Waals surface area contributed by atoms with E-state index in [-0.39, 0.29) is 0 Å². The van der Waals surface area contributed by atoms with Gasteiger partial charge in [-0.25, -0.2) is 0 Å². The quantitative estimate of drug-likeness (QED) is 0.921. The molecule has 2 atom stereocenters. The minimum atomic E-state index is 0.399. The Hall–Kier alpha value is -1.68. The normalized spacial score (nSPS) is 25.5. The summed E-state index contributed by atoms with van der Waals surface area (Å²) < 4.78 is 5.54. The minimum Gasteiger partial charge on any atom is -0.339 e. The number of fused-ring (bicyclic) bond motifs is 1. The third-order valence-electron chi connectivity index (χ3n) is 4.82. The van der Waals surface area contributed by atoms with E-state index in [4.69, 9.17) is 9.51 Å². The maximum absolute atomic E-state index is 5.54. The molecule has 0 amide bonds. The zero-order valence-electron chi connectivity index (χ0n) is 12.2. The molecule has 1 aliphatic carbocycles. The van der Waals surface area contributed by atoms with Crippen molar-refractivity contribution in [1.29, 1.82) is 0 Å². The molecule has 1 aliphatic heterocycles. The third kappa shape index (κ3) is 2.60. The molecule has 4 heteroatoms. The molecule has 1 N–H and O–H groups in total. The highest BCUT2D eigenvalue weighted by atomic mass is 16.5. The predicted molar refractivity (Wildman–Crippen MR) is 80.4 cm³/mol. The first kappa shape index (κ1) is 13.0. The Labute approximate surface area is 124 Å². The molecule has 0 bridgehead atoms. The van der Waals surface area contributed by atoms with Gasteiger partial charge in [-0.2, -0.15) is 4.98 Å². The van der Waals surface area contributed by atoms with E-state index in [2.05, 4.69) is 34.7 Å². The molecule has 2 heterocycles. The molecule has 1 fully saturated rings. The second kappa shape index (κ2) is 5.60. The van der Waals surface area contributed by atoms with Crippen LogP contribution in [-0.2, 0) is 12.8 Å². The molecule has 1 aromatic carbocycles. The Morgan fingerprint density at radius 2 is 2.00 bits per heavy atom. The number of nitrogens with one attached hydrogen (secondary N) is 1. The molecule has 2 aromatic rings. The minimum absolute atomic E-state index is 0.399. The molecule has 110 valence electrons. The first-order chi connectivity index (χ1) is 10.4. The van der Waals surface area contributed by atoms with Crippen LogP contribution in [0.2, 0.25) is 0 Å². The summed E-state index contributed by atoms with van der Waals surface area (Å²) in [4.78, 5) is 4.71. The van der Waals surface area contributed by atoms with E-state index in [0.717, 1.165) is 50.5 Å². The monoisotopic (exact) mass is 283 g/mol. The van der Waals surface area contributed by atoms with Crippen LogP contribution in [0.15, 0.2) is 28.8 Å². The van der Waals surface area contributed by atoms with Crippen molar-refractivity contribution in [3.8, 4) is 0 Å². The van der Waals surface area contributed by atoms with Crippen molar-refractivity contribution in [3.63, 3.8) is 0 Å². The maximum atomic E-state index is 5.54. The van der Waals surface area contributed by atoms with Gasteiger partial charge in [0.1, 0.15) is 0 Å². The Kier molecular flexibility index (Phi) is 3.47. The van der Waals surface area contributed by atoms with E-state index in [1.54, 1.807) is 0 Å². The SMILES string of the molecule is c1ccc2c(c1)CCC(c1noc(C3CCCNC3)n1)C2. The van der Waals surface area contributed by atoms with Crippen LogP contribution in [0.25, 0.3) is 0 Å². The molecule has 21 heavy (non-hydrogen) atoms. The van der Waals surface area contributed by atoms with Crippen LogP contribution in [0.3, 0.4) is 0 Å². The van der Waals surface area contributed by atoms with E-state index < -0.39 is 0 Å². The second-order valence-corrected chi connectivity index (χ2v) is 6.24. The van der Waals surface area contributed by atoms with Gasteiger partial charge in [0, 0.05) is 12.5 Å². The topological polar surface area (TPSA) is 51.0 Å². The average Bonchev–Trinajstić information content (AvgIpc) is 3.05. The second-order valence-electron chi connectivity index (χ2n) is 6.24. The summed E-state index contributed by atoms with van der Waals surface area (Å²) >= 11 is 0. The largest absolute Gasteiger partial charge is 0.339 e. The molecule has 2 aliphatic rings. The van der Waals surface area contributed by atoms with Gasteiger partial charge in [-0.05, 0) is 49.8 Å². The number of benzene rings is 1. The van der Waals surface area contributed by atoms with Crippen molar-refractivity contribution in [3.05, 3.63) is 47.1 Å². The molecule has 0 radical (unpaired) electrons. The summed E-state index contributed by atoms with van der Waals surface area (Å²) in [5, 5.41) is 7.68. The summed E-state index contributed by atoms with van der Waals surface area (Å²) in [6.07, 6.45) is 5.63. The highest BCUT2D eigenvalue weighted by Gasteiger charge is 2.27. The number of hydrogen-bond donors (Lipinski definition) is 1. The van der Waals surface area contributed by atoms with Crippen LogP contribution in [0.4, 0.5) is 0 Å². The molecule has 1 aromatic heterocycles. The van der Waals surface area contributed by atoms with Gasteiger partial charge in [0.05, 0.1) is 5.92 Å². The van der Waals surface area contributed by atoms with Crippen molar-refractivity contribution < 1.29 is 4.52 Å². The summed E-state index contributed by atoms with van der Waals surface area (Å²) in [7, 11) is 0. The highest BCUT2D eigenvalue weighted by molar-refractivity contribution is 5.31. The van der Waals surface area contributed by atoms with Crippen molar-refractivity contribution in [1.82, 2.24) is 15.5 Å². The summed E-state index contributed by atoms with van der Waals surface area (Å²) in [5.74, 6) is 2.55. The van der Waals surface area contributed by atoms with Crippen LogP contribution in [0.5, 0.6) is 0 Å². The smallest absolute Gasteiger partial charge is 0.231 e. The Balaban J connectivity index is 1.51. The third-order valence-corrected chi connectivity index (χ3v) is 4.82. The standard InChI is InChI=1S/C17H21N3O/c1-2-5-13-10-14(8-7-12(13)4-1)16-19-17(21-20-16)15-6-3-9-18-11-15/h1-2,4-5,14-15,18H,3,6-11H2. The first-order valence-corrected chi connectivity index (χ1v) is 8.01. The van der Waals surface area contributed by atoms with Crippen LogP contribution in [0, 0.1) is 0 Å². The maximum Gasteiger partial charge on any atom is 0.231 e. The van der Waals surface area contributed by atoms with Crippen LogP contribution >= 0.6 is 0 Å². The summed E-state index contributed by atoms with van der Waals surface area (Å²) in [6.45, 7) is 2.08. The molecular formula is C17H21N3O. The fourth-order valence-electron chi connectivity index (χ4n) is 3.56. The van der Waals surface area contributed by atoms with Gasteiger partial charge in [0.15, 0.2) is 5.82 Å². The van der Waals surface area contributed by atoms with E-state index in [1.165, 1.54) is 17.5 Å². The number of piperidine rings is 1. The summed E-state index contributed by atoms with van der Waals surface area (Å²) in [5.41, 5.74) is 2.92. The summed E-state index contributed by atoms with van der Waals surface area (Å²) in [6, 6.07) is 8.71. The fourth-order valence-corrected chi connectivity index (χ4v) is 3.56. The molecular weight excluding hydrogens is 262 g/mol. The number of aromatic nitrogens is 2. The van der Waals surface area contributed by atoms with Crippen molar-refractivity contribution in [2.75, 3.05) is 13.1 Å². The van der Waals surface area contributed by atoms with Crippen LogP contribution in [0.1, 0.15) is 53.9 Å². The van der Waals surface area contributed by atoms with Gasteiger partial charge in [-0.15, -0.1) is 0 Å². The van der Waals surface area contributed by atoms with Crippen molar-refractivity contribution in [2.24, 2.45) is 0 Å². The van der Waals surface area contributed by atoms with E-state index in [9.17, 15) is 0 Å². The van der Waals surface area contributed by atoms with Gasteiger partial charge in [0.25, 0.3) is 0 Å². The number of rotatable bonds is 2. The molecule has 4 nitrogen and oxygen atoms in total. The van der Waals surface area contributed by atoms with Crippen molar-refractivity contribution >= 4 is 0 Å². The Bertz CT molecular complexity index is 616. The lowest BCUT2D eigenvalue weighted by Gasteiger charge is -2.22. The molecule has 0 spiro atoms. The first-order valence-electron chi connectivity index (χ1n) is 8.01. The Morgan fingerprint density at radius 3 is 2.86 bits per heavy atom. The zero-order valence-corrected chi connectivity index (χ0v) is 12.2. The average molecular weight is 283 g/mol. The molecule has 1 saturated heterocycles. The lowest BCUT2D eigenvalue weighted by atomic mass is 9.83. The van der Waals surface area contributed by atoms with Gasteiger partial charge in [-0.1, -0.05) is 29.4 Å². The number of hydrogen-bond acceptors (Lipinski definition) is 4. The fraction of sp³-hybridized carbons (Fsp3) is 0.529. The van der Waals surface area contributed by atoms with Crippen LogP contribution < -0.4 is 5.32 Å². The van der Waals surface area contributed by atoms with Gasteiger partial charge < -0.3 is 9.84 Å². The van der Waals surface area contributed by atoms with Gasteiger partial charge in [-0.3, -0.25) is 0 Å². The van der Waals surface area contributed by atoms with Gasteiger partial charge >= 0.3 is 0 Å². The highest BCUT2D eigenvalue weighted by Crippen LogP contribution is 2.32. The lowest BCUT2D eigenvalue weighted by Crippen LogP contribution is -2.28. The van der Waals surface area contributed by atoms with Crippen LogP contribution in [-0.4, -0.2) is 23.2 Å². The van der Waals surface area contributed by atoms with E-state index in [0.29, 0.717) is 11.8 Å². The number of nitrogens with zero attached hydrogens (tertiary/aromatic N) is 2. The van der Waals surface area contributed by atoms with Crippen molar-refractivity contribution in [2.45, 2.75) is 43.9 Å². The van der Waals surface area contributed by atoms with E-state index >= 15 is 0 Å².